The number of ether oxygens (including phenoxy) is 2. The van der Waals surface area contributed by atoms with Crippen molar-refractivity contribution in [1.82, 2.24) is 14.4 Å². The van der Waals surface area contributed by atoms with Crippen LogP contribution in [0.2, 0.25) is 0 Å². The summed E-state index contributed by atoms with van der Waals surface area (Å²) < 4.78 is 13.1. The van der Waals surface area contributed by atoms with Gasteiger partial charge in [0.25, 0.3) is 0 Å². The van der Waals surface area contributed by atoms with E-state index < -0.39 is 0 Å². The van der Waals surface area contributed by atoms with E-state index in [9.17, 15) is 0 Å². The van der Waals surface area contributed by atoms with E-state index in [1.165, 1.54) is 31.2 Å². The molecule has 2 aliphatic rings. The van der Waals surface area contributed by atoms with Gasteiger partial charge in [-0.15, -0.1) is 0 Å². The van der Waals surface area contributed by atoms with Crippen LogP contribution >= 0.6 is 0 Å². The molecule has 0 saturated heterocycles. The molecule has 6 nitrogen and oxygen atoms in total. The molecule has 1 saturated carbocycles. The lowest BCUT2D eigenvalue weighted by Gasteiger charge is -2.17. The Kier molecular flexibility index (Phi) is 4.11. The number of nitrogens with zero attached hydrogens (tertiary/aromatic N) is 3. The third-order valence-corrected chi connectivity index (χ3v) is 5.60. The van der Waals surface area contributed by atoms with Crippen molar-refractivity contribution in [2.24, 2.45) is 0 Å². The molecule has 1 N–H and O–H groups in total. The number of benzene rings is 1. The topological polar surface area (TPSA) is 60.7 Å². The van der Waals surface area contributed by atoms with Crippen LogP contribution < -0.4 is 14.8 Å². The molecule has 1 unspecified atom stereocenters. The van der Waals surface area contributed by atoms with E-state index in [-0.39, 0.29) is 5.92 Å². The van der Waals surface area contributed by atoms with Crippen molar-refractivity contribution in [3.8, 4) is 11.5 Å². The minimum absolute atomic E-state index is 0.272. The molecule has 1 aromatic carbocycles. The third-order valence-electron chi connectivity index (χ3n) is 5.60. The molecule has 1 aliphatic carbocycles. The lowest BCUT2D eigenvalue weighted by molar-refractivity contribution is 0.174. The van der Waals surface area contributed by atoms with Gasteiger partial charge in [-0.05, 0) is 37.0 Å². The van der Waals surface area contributed by atoms with Gasteiger partial charge in [0.2, 0.25) is 6.79 Å². The first-order chi connectivity index (χ1) is 13.3. The van der Waals surface area contributed by atoms with E-state index in [0.29, 0.717) is 12.8 Å². The van der Waals surface area contributed by atoms with Gasteiger partial charge in [-0.1, -0.05) is 25.8 Å². The van der Waals surface area contributed by atoms with Crippen LogP contribution in [0.15, 0.2) is 36.8 Å². The van der Waals surface area contributed by atoms with Crippen molar-refractivity contribution in [3.05, 3.63) is 48.0 Å². The number of aromatic nitrogens is 3. The Labute approximate surface area is 158 Å². The molecule has 3 heterocycles. The van der Waals surface area contributed by atoms with E-state index in [4.69, 9.17) is 14.5 Å². The van der Waals surface area contributed by atoms with E-state index in [0.717, 1.165) is 35.1 Å². The number of rotatable bonds is 5. The summed E-state index contributed by atoms with van der Waals surface area (Å²) in [4.78, 5) is 9.15. The number of nitrogens with one attached hydrogen (secondary N) is 1. The monoisotopic (exact) mass is 364 g/mol. The van der Waals surface area contributed by atoms with Gasteiger partial charge in [0.15, 0.2) is 17.1 Å². The molecule has 0 bridgehead atoms. The molecule has 27 heavy (non-hydrogen) atoms. The van der Waals surface area contributed by atoms with E-state index in [1.54, 1.807) is 0 Å². The van der Waals surface area contributed by atoms with Crippen LogP contribution in [-0.4, -0.2) is 27.2 Å². The van der Waals surface area contributed by atoms with E-state index in [2.05, 4.69) is 33.8 Å². The molecule has 6 heteroatoms. The van der Waals surface area contributed by atoms with Crippen LogP contribution in [0, 0.1) is 0 Å². The van der Waals surface area contributed by atoms with Gasteiger partial charge in [0.05, 0.1) is 11.9 Å². The maximum absolute atomic E-state index is 5.52. The summed E-state index contributed by atoms with van der Waals surface area (Å²) in [6.45, 7) is 2.54. The van der Waals surface area contributed by atoms with Gasteiger partial charge < -0.3 is 14.8 Å². The maximum atomic E-state index is 5.52. The minimum atomic E-state index is 0.272. The molecular weight excluding hydrogens is 340 g/mol. The number of fused-ring (bicyclic) bond motifs is 2. The summed E-state index contributed by atoms with van der Waals surface area (Å²) in [7, 11) is 0. The Hall–Kier alpha value is -2.76. The van der Waals surface area contributed by atoms with Gasteiger partial charge in [-0.2, -0.15) is 0 Å². The van der Waals surface area contributed by atoms with Gasteiger partial charge in [0, 0.05) is 24.4 Å². The average molecular weight is 364 g/mol. The zero-order chi connectivity index (χ0) is 18.2. The van der Waals surface area contributed by atoms with Crippen molar-refractivity contribution >= 4 is 11.5 Å². The minimum Gasteiger partial charge on any atom is -0.454 e. The largest absolute Gasteiger partial charge is 0.454 e. The molecule has 3 aromatic rings. The van der Waals surface area contributed by atoms with Crippen LogP contribution in [0.25, 0.3) is 5.65 Å². The summed E-state index contributed by atoms with van der Waals surface area (Å²) in [5.41, 5.74) is 3.23. The Morgan fingerprint density at radius 3 is 2.96 bits per heavy atom. The highest BCUT2D eigenvalue weighted by Gasteiger charge is 2.23. The Bertz CT molecular complexity index is 962. The normalized spacial score (nSPS) is 17.5. The standard InChI is InChI=1S/C21H24N4O2/c1-14(10-15-6-7-17-18(11-15)27-13-26-17)20-21(23-16-4-2-3-5-16)25-9-8-22-12-19(25)24-20/h6-9,11-12,14,16,23H,2-5,10,13H2,1H3. The van der Waals surface area contributed by atoms with Gasteiger partial charge in [-0.3, -0.25) is 9.38 Å². The van der Waals surface area contributed by atoms with Crippen LogP contribution in [0.4, 0.5) is 5.82 Å². The summed E-state index contributed by atoms with van der Waals surface area (Å²) in [6, 6.07) is 6.73. The van der Waals surface area contributed by atoms with E-state index >= 15 is 0 Å². The van der Waals surface area contributed by atoms with Crippen LogP contribution in [0.5, 0.6) is 11.5 Å². The zero-order valence-electron chi connectivity index (χ0n) is 15.5. The van der Waals surface area contributed by atoms with E-state index in [1.807, 2.05) is 24.7 Å². The molecule has 5 rings (SSSR count). The number of imidazole rings is 1. The Morgan fingerprint density at radius 1 is 1.22 bits per heavy atom. The predicted octanol–water partition coefficient (Wildman–Crippen LogP) is 4.16. The fraction of sp³-hybridized carbons (Fsp3) is 0.429. The predicted molar refractivity (Wildman–Crippen MR) is 104 cm³/mol. The second-order valence-electron chi connectivity index (χ2n) is 7.57. The zero-order valence-corrected chi connectivity index (χ0v) is 15.5. The molecule has 1 fully saturated rings. The average Bonchev–Trinajstić information content (AvgIpc) is 3.42. The van der Waals surface area contributed by atoms with Crippen molar-refractivity contribution in [2.45, 2.75) is 51.0 Å². The number of hydrogen-bond donors (Lipinski definition) is 1. The SMILES string of the molecule is CC(Cc1ccc2c(c1)OCO2)c1nc2cnccn2c1NC1CCCC1. The molecular formula is C21H24N4O2. The van der Waals surface area contributed by atoms with Gasteiger partial charge >= 0.3 is 0 Å². The quantitative estimate of drug-likeness (QED) is 0.737. The van der Waals surface area contributed by atoms with Gasteiger partial charge in [-0.25, -0.2) is 4.98 Å². The van der Waals surface area contributed by atoms with Crippen molar-refractivity contribution in [1.29, 1.82) is 0 Å². The van der Waals surface area contributed by atoms with Crippen LogP contribution in [0.1, 0.15) is 49.8 Å². The number of anilines is 1. The summed E-state index contributed by atoms with van der Waals surface area (Å²) in [5, 5.41) is 3.77. The highest BCUT2D eigenvalue weighted by Crippen LogP contribution is 2.35. The van der Waals surface area contributed by atoms with Gasteiger partial charge in [0.1, 0.15) is 5.82 Å². The lowest BCUT2D eigenvalue weighted by atomic mass is 9.97. The highest BCUT2D eigenvalue weighted by atomic mass is 16.7. The summed E-state index contributed by atoms with van der Waals surface area (Å²) >= 11 is 0. The molecule has 1 aliphatic heterocycles. The van der Waals surface area contributed by atoms with Crippen LogP contribution in [0.3, 0.4) is 0 Å². The Balaban J connectivity index is 1.45. The fourth-order valence-corrected chi connectivity index (χ4v) is 4.19. The summed E-state index contributed by atoms with van der Waals surface area (Å²) in [5.74, 6) is 3.05. The van der Waals surface area contributed by atoms with Crippen molar-refractivity contribution < 1.29 is 9.47 Å². The lowest BCUT2D eigenvalue weighted by Crippen LogP contribution is -2.17. The van der Waals surface area contributed by atoms with Crippen molar-refractivity contribution in [2.75, 3.05) is 12.1 Å². The Morgan fingerprint density at radius 2 is 2.07 bits per heavy atom. The van der Waals surface area contributed by atoms with Crippen molar-refractivity contribution in [3.63, 3.8) is 0 Å². The number of hydrogen-bond acceptors (Lipinski definition) is 5. The first-order valence-corrected chi connectivity index (χ1v) is 9.75. The molecule has 1 atom stereocenters. The first kappa shape index (κ1) is 16.4. The molecule has 0 amide bonds. The second kappa shape index (κ2) is 6.76. The molecule has 0 spiro atoms. The first-order valence-electron chi connectivity index (χ1n) is 9.75. The van der Waals surface area contributed by atoms with Crippen LogP contribution in [-0.2, 0) is 6.42 Å². The molecule has 2 aromatic heterocycles. The third kappa shape index (κ3) is 3.09. The smallest absolute Gasteiger partial charge is 0.231 e. The fourth-order valence-electron chi connectivity index (χ4n) is 4.19. The summed E-state index contributed by atoms with van der Waals surface area (Å²) in [6.07, 6.45) is 11.6. The maximum Gasteiger partial charge on any atom is 0.231 e. The molecule has 140 valence electrons. The molecule has 0 radical (unpaired) electrons. The second-order valence-corrected chi connectivity index (χ2v) is 7.57. The highest BCUT2D eigenvalue weighted by molar-refractivity contribution is 5.56.